The molecule has 0 aliphatic heterocycles. The smallest absolute Gasteiger partial charge is 0.233 e. The van der Waals surface area contributed by atoms with Gasteiger partial charge in [0.2, 0.25) is 17.8 Å². The second-order valence-electron chi connectivity index (χ2n) is 4.63. The Kier molecular flexibility index (Phi) is 4.56. The first-order valence-electron chi connectivity index (χ1n) is 7.03. The van der Waals surface area contributed by atoms with Crippen LogP contribution in [0.25, 0.3) is 0 Å². The first kappa shape index (κ1) is 15.0. The zero-order valence-corrected chi connectivity index (χ0v) is 13.2. The second kappa shape index (κ2) is 6.38. The number of hydrogen-bond acceptors (Lipinski definition) is 7. The average Bonchev–Trinajstić information content (AvgIpc) is 2.78. The summed E-state index contributed by atoms with van der Waals surface area (Å²) in [4.78, 5) is 15.3. The first-order valence-corrected chi connectivity index (χ1v) is 7.03. The maximum atomic E-state index is 4.48. The molecule has 0 unspecified atom stereocenters. The van der Waals surface area contributed by atoms with Gasteiger partial charge in [-0.25, -0.2) is 0 Å². The van der Waals surface area contributed by atoms with Crippen molar-refractivity contribution in [1.29, 1.82) is 0 Å². The number of aromatic nitrogens is 5. The van der Waals surface area contributed by atoms with Gasteiger partial charge in [0.1, 0.15) is 0 Å². The third-order valence-corrected chi connectivity index (χ3v) is 3.15. The van der Waals surface area contributed by atoms with Crippen LogP contribution in [-0.4, -0.2) is 44.9 Å². The summed E-state index contributed by atoms with van der Waals surface area (Å²) < 4.78 is 1.75. The molecule has 0 radical (unpaired) electrons. The van der Waals surface area contributed by atoms with Gasteiger partial charge in [-0.05, 0) is 20.8 Å². The number of anilines is 4. The topological polar surface area (TPSA) is 83.8 Å². The fourth-order valence-corrected chi connectivity index (χ4v) is 2.02. The van der Waals surface area contributed by atoms with Crippen molar-refractivity contribution in [2.75, 3.05) is 35.7 Å². The van der Waals surface area contributed by atoms with Gasteiger partial charge in [0.15, 0.2) is 0 Å². The predicted molar refractivity (Wildman–Crippen MR) is 84.2 cm³/mol. The van der Waals surface area contributed by atoms with Gasteiger partial charge in [0.05, 0.1) is 11.4 Å². The van der Waals surface area contributed by atoms with Crippen LogP contribution in [-0.2, 0) is 7.05 Å². The zero-order valence-electron chi connectivity index (χ0n) is 13.2. The molecule has 2 aromatic rings. The quantitative estimate of drug-likeness (QED) is 0.835. The van der Waals surface area contributed by atoms with Crippen molar-refractivity contribution in [3.8, 4) is 0 Å². The molecule has 0 bridgehead atoms. The second-order valence-corrected chi connectivity index (χ2v) is 4.63. The summed E-state index contributed by atoms with van der Waals surface area (Å²) >= 11 is 0. The molecule has 2 N–H and O–H groups in total. The van der Waals surface area contributed by atoms with E-state index in [4.69, 9.17) is 0 Å². The van der Waals surface area contributed by atoms with E-state index in [2.05, 4.69) is 49.4 Å². The van der Waals surface area contributed by atoms with Gasteiger partial charge < -0.3 is 15.5 Å². The van der Waals surface area contributed by atoms with Gasteiger partial charge in [-0.3, -0.25) is 4.68 Å². The van der Waals surface area contributed by atoms with Gasteiger partial charge >= 0.3 is 0 Å². The monoisotopic (exact) mass is 290 g/mol. The van der Waals surface area contributed by atoms with Crippen molar-refractivity contribution < 1.29 is 0 Å². The molecular weight excluding hydrogens is 268 g/mol. The van der Waals surface area contributed by atoms with Crippen molar-refractivity contribution in [3.63, 3.8) is 0 Å². The van der Waals surface area contributed by atoms with Crippen molar-refractivity contribution in [2.45, 2.75) is 20.8 Å². The van der Waals surface area contributed by atoms with Crippen LogP contribution in [0.4, 0.5) is 23.5 Å². The average molecular weight is 290 g/mol. The van der Waals surface area contributed by atoms with E-state index in [1.165, 1.54) is 0 Å². The molecule has 21 heavy (non-hydrogen) atoms. The number of aryl methyl sites for hydroxylation is 2. The van der Waals surface area contributed by atoms with Crippen molar-refractivity contribution >= 4 is 23.5 Å². The minimum absolute atomic E-state index is 0.507. The maximum Gasteiger partial charge on any atom is 0.233 e. The molecule has 2 heterocycles. The van der Waals surface area contributed by atoms with Gasteiger partial charge in [0.25, 0.3) is 0 Å². The maximum absolute atomic E-state index is 4.48. The molecule has 8 heteroatoms. The number of hydrogen-bond donors (Lipinski definition) is 2. The van der Waals surface area contributed by atoms with E-state index in [1.807, 2.05) is 20.2 Å². The lowest BCUT2D eigenvalue weighted by Crippen LogP contribution is -2.25. The first-order chi connectivity index (χ1) is 10.1. The SMILES string of the molecule is CCN(CC)c1nc(NC)nc(Nc2cn(C)nc2C)n1. The van der Waals surface area contributed by atoms with Gasteiger partial charge in [0, 0.05) is 33.4 Å². The Labute approximate surface area is 124 Å². The van der Waals surface area contributed by atoms with Crippen LogP contribution >= 0.6 is 0 Å². The lowest BCUT2D eigenvalue weighted by molar-refractivity contribution is 0.756. The van der Waals surface area contributed by atoms with E-state index in [0.717, 1.165) is 24.5 Å². The van der Waals surface area contributed by atoms with Crippen LogP contribution in [0.5, 0.6) is 0 Å². The van der Waals surface area contributed by atoms with Crippen LogP contribution in [0, 0.1) is 6.92 Å². The Balaban J connectivity index is 2.34. The third-order valence-electron chi connectivity index (χ3n) is 3.15. The lowest BCUT2D eigenvalue weighted by Gasteiger charge is -2.19. The van der Waals surface area contributed by atoms with E-state index in [0.29, 0.717) is 17.8 Å². The van der Waals surface area contributed by atoms with Gasteiger partial charge in [-0.1, -0.05) is 0 Å². The molecule has 0 saturated heterocycles. The molecular formula is C13H22N8. The van der Waals surface area contributed by atoms with Crippen molar-refractivity contribution in [1.82, 2.24) is 24.7 Å². The summed E-state index contributed by atoms with van der Waals surface area (Å²) in [5.41, 5.74) is 1.78. The van der Waals surface area contributed by atoms with Crippen LogP contribution in [0.2, 0.25) is 0 Å². The molecule has 2 rings (SSSR count). The Hall–Kier alpha value is -2.38. The van der Waals surface area contributed by atoms with E-state index >= 15 is 0 Å². The molecule has 0 aliphatic rings. The van der Waals surface area contributed by atoms with E-state index < -0.39 is 0 Å². The standard InChI is InChI=1S/C13H22N8/c1-6-21(7-2)13-17-11(14-4)16-12(18-13)15-10-8-20(5)19-9(10)3/h8H,6-7H2,1-5H3,(H2,14,15,16,17,18). The molecule has 0 aliphatic carbocycles. The molecule has 2 aromatic heterocycles. The van der Waals surface area contributed by atoms with Crippen molar-refractivity contribution in [2.24, 2.45) is 7.05 Å². The molecule has 0 saturated carbocycles. The van der Waals surface area contributed by atoms with Crippen LogP contribution in [0.3, 0.4) is 0 Å². The minimum Gasteiger partial charge on any atom is -0.357 e. The highest BCUT2D eigenvalue weighted by Gasteiger charge is 2.12. The Morgan fingerprint density at radius 1 is 1.14 bits per heavy atom. The third kappa shape index (κ3) is 3.39. The molecule has 0 spiro atoms. The summed E-state index contributed by atoms with van der Waals surface area (Å²) in [5, 5.41) is 10.5. The summed E-state index contributed by atoms with van der Waals surface area (Å²) in [7, 11) is 3.67. The fraction of sp³-hybridized carbons (Fsp3) is 0.538. The predicted octanol–water partition coefficient (Wildman–Crippen LogP) is 1.55. The highest BCUT2D eigenvalue weighted by molar-refractivity contribution is 5.57. The number of nitrogens with one attached hydrogen (secondary N) is 2. The number of nitrogens with zero attached hydrogens (tertiary/aromatic N) is 6. The van der Waals surface area contributed by atoms with E-state index in [1.54, 1.807) is 11.7 Å². The summed E-state index contributed by atoms with van der Waals surface area (Å²) in [6.07, 6.45) is 1.90. The van der Waals surface area contributed by atoms with E-state index in [-0.39, 0.29) is 0 Å². The highest BCUT2D eigenvalue weighted by atomic mass is 15.3. The lowest BCUT2D eigenvalue weighted by atomic mass is 10.4. The molecule has 0 amide bonds. The summed E-state index contributed by atoms with van der Waals surface area (Å²) in [6.45, 7) is 7.77. The van der Waals surface area contributed by atoms with Crippen molar-refractivity contribution in [3.05, 3.63) is 11.9 Å². The largest absolute Gasteiger partial charge is 0.357 e. The van der Waals surface area contributed by atoms with Crippen LogP contribution in [0.1, 0.15) is 19.5 Å². The molecule has 0 atom stereocenters. The number of rotatable bonds is 6. The van der Waals surface area contributed by atoms with Gasteiger partial charge in [-0.15, -0.1) is 0 Å². The fourth-order valence-electron chi connectivity index (χ4n) is 2.02. The highest BCUT2D eigenvalue weighted by Crippen LogP contribution is 2.19. The molecule has 8 nitrogen and oxygen atoms in total. The molecule has 0 fully saturated rings. The van der Waals surface area contributed by atoms with E-state index in [9.17, 15) is 0 Å². The summed E-state index contributed by atoms with van der Waals surface area (Å²) in [6, 6.07) is 0. The Morgan fingerprint density at radius 2 is 1.81 bits per heavy atom. The van der Waals surface area contributed by atoms with Crippen LogP contribution in [0.15, 0.2) is 6.20 Å². The zero-order chi connectivity index (χ0) is 15.4. The molecule has 0 aromatic carbocycles. The van der Waals surface area contributed by atoms with Gasteiger partial charge in [-0.2, -0.15) is 20.1 Å². The Bertz CT molecular complexity index is 602. The molecule has 114 valence electrons. The minimum atomic E-state index is 0.507. The summed E-state index contributed by atoms with van der Waals surface area (Å²) in [5.74, 6) is 1.70. The Morgan fingerprint density at radius 3 is 2.33 bits per heavy atom. The van der Waals surface area contributed by atoms with Crippen LogP contribution < -0.4 is 15.5 Å². The normalized spacial score (nSPS) is 10.5.